The minimum atomic E-state index is -1.53. The topological polar surface area (TPSA) is 103 Å². The molecule has 2 fully saturated rings. The maximum Gasteiger partial charge on any atom is 0.187 e. The second-order valence-electron chi connectivity index (χ2n) is 6.20. The van der Waals surface area contributed by atoms with E-state index in [2.05, 4.69) is 0 Å². The summed E-state index contributed by atoms with van der Waals surface area (Å²) in [5, 5.41) is 9.82. The molecule has 2 heterocycles. The minimum Gasteiger partial charge on any atom is -0.394 e. The van der Waals surface area contributed by atoms with Crippen LogP contribution in [-0.2, 0) is 42.6 Å². The Morgan fingerprint density at radius 1 is 0.741 bits per heavy atom. The molecule has 2 aliphatic rings. The van der Waals surface area contributed by atoms with Crippen LogP contribution in [-0.4, -0.2) is 116 Å². The van der Waals surface area contributed by atoms with Crippen LogP contribution in [0.25, 0.3) is 0 Å². The predicted octanol–water partition coefficient (Wildman–Crippen LogP) is -0.833. The van der Waals surface area contributed by atoms with Gasteiger partial charge in [0.15, 0.2) is 12.6 Å². The summed E-state index contributed by atoms with van der Waals surface area (Å²) >= 11 is 0. The van der Waals surface area contributed by atoms with Crippen LogP contribution in [0.15, 0.2) is 0 Å². The van der Waals surface area contributed by atoms with Crippen LogP contribution in [0.1, 0.15) is 1.37 Å². The maximum atomic E-state index is 9.82. The van der Waals surface area contributed by atoms with Crippen LogP contribution in [0.5, 0.6) is 0 Å². The smallest absolute Gasteiger partial charge is 0.187 e. The zero-order valence-electron chi connectivity index (χ0n) is 17.7. The highest BCUT2D eigenvalue weighted by atomic mass is 16.8. The standard InChI is InChI=1S/C17H32O10/c1-19-8-10-11(20-2)14(22-4)17(26-10)27-12-9(7-18)25-16(24-6)15(23-5)13(12)21-3/h9-18H,7-8H2,1-6H3/t9-,10-,11-,12-,13+,14+,15-,16+,17-/m1/s1/i10D. The van der Waals surface area contributed by atoms with E-state index in [0.29, 0.717) is 0 Å². The average molecular weight is 397 g/mol. The van der Waals surface area contributed by atoms with E-state index in [4.69, 9.17) is 44.0 Å². The first-order valence-corrected chi connectivity index (χ1v) is 8.67. The van der Waals surface area contributed by atoms with Crippen LogP contribution in [0.3, 0.4) is 0 Å². The number of hydrogen-bond donors (Lipinski definition) is 1. The van der Waals surface area contributed by atoms with Crippen molar-refractivity contribution < 1.29 is 49.1 Å². The van der Waals surface area contributed by atoms with Crippen LogP contribution >= 0.6 is 0 Å². The van der Waals surface area contributed by atoms with Crippen molar-refractivity contribution in [2.75, 3.05) is 55.9 Å². The molecule has 10 nitrogen and oxygen atoms in total. The monoisotopic (exact) mass is 397 g/mol. The van der Waals surface area contributed by atoms with Gasteiger partial charge in [-0.05, 0) is 0 Å². The van der Waals surface area contributed by atoms with Crippen LogP contribution in [0, 0.1) is 0 Å². The summed E-state index contributed by atoms with van der Waals surface area (Å²) < 4.78 is 58.6. The van der Waals surface area contributed by atoms with Crippen molar-refractivity contribution in [3.8, 4) is 0 Å². The number of rotatable bonds is 10. The van der Waals surface area contributed by atoms with Gasteiger partial charge < -0.3 is 47.7 Å². The summed E-state index contributed by atoms with van der Waals surface area (Å²) in [4.78, 5) is 0. The molecular formula is C17H32O10. The van der Waals surface area contributed by atoms with Gasteiger partial charge >= 0.3 is 0 Å². The van der Waals surface area contributed by atoms with Gasteiger partial charge in [0.25, 0.3) is 0 Å². The highest BCUT2D eigenvalue weighted by Crippen LogP contribution is 2.33. The fourth-order valence-corrected chi connectivity index (χ4v) is 3.52. The molecule has 9 atom stereocenters. The molecule has 0 spiro atoms. The third kappa shape index (κ3) is 4.78. The zero-order chi connectivity index (χ0) is 20.9. The fraction of sp³-hybridized carbons (Fsp3) is 1.00. The molecule has 2 rings (SSSR count). The van der Waals surface area contributed by atoms with Crippen molar-refractivity contribution in [1.82, 2.24) is 0 Å². The second kappa shape index (κ2) is 11.0. The first kappa shape index (κ1) is 21.3. The first-order chi connectivity index (χ1) is 13.4. The molecular weight excluding hydrogens is 364 g/mol. The molecule has 0 aromatic carbocycles. The van der Waals surface area contributed by atoms with Gasteiger partial charge in [0.2, 0.25) is 0 Å². The third-order valence-corrected chi connectivity index (χ3v) is 4.80. The molecule has 0 unspecified atom stereocenters. The van der Waals surface area contributed by atoms with E-state index in [1.54, 1.807) is 0 Å². The highest BCUT2D eigenvalue weighted by Gasteiger charge is 2.52. The van der Waals surface area contributed by atoms with E-state index in [-0.39, 0.29) is 13.2 Å². The van der Waals surface area contributed by atoms with E-state index < -0.39 is 55.3 Å². The zero-order valence-corrected chi connectivity index (χ0v) is 16.7. The van der Waals surface area contributed by atoms with Crippen LogP contribution in [0.4, 0.5) is 0 Å². The Morgan fingerprint density at radius 3 is 1.81 bits per heavy atom. The fourth-order valence-electron chi connectivity index (χ4n) is 3.52. The van der Waals surface area contributed by atoms with Crippen molar-refractivity contribution in [3.05, 3.63) is 0 Å². The van der Waals surface area contributed by atoms with E-state index >= 15 is 0 Å². The largest absolute Gasteiger partial charge is 0.394 e. The Hall–Kier alpha value is -0.400. The molecule has 0 bridgehead atoms. The van der Waals surface area contributed by atoms with Gasteiger partial charge in [0.05, 0.1) is 14.6 Å². The summed E-state index contributed by atoms with van der Waals surface area (Å²) in [5.74, 6) is 0. The lowest BCUT2D eigenvalue weighted by Crippen LogP contribution is -2.62. The second-order valence-corrected chi connectivity index (χ2v) is 6.20. The normalized spacial score (nSPS) is 45.8. The van der Waals surface area contributed by atoms with Gasteiger partial charge in [0.1, 0.15) is 42.7 Å². The maximum absolute atomic E-state index is 9.82. The summed E-state index contributed by atoms with van der Waals surface area (Å²) in [7, 11) is 8.88. The summed E-state index contributed by atoms with van der Waals surface area (Å²) in [6, 6.07) is 0. The van der Waals surface area contributed by atoms with Crippen molar-refractivity contribution in [1.29, 1.82) is 0 Å². The molecule has 0 aromatic heterocycles. The summed E-state index contributed by atoms with van der Waals surface area (Å²) in [6.45, 7) is -0.390. The van der Waals surface area contributed by atoms with Gasteiger partial charge in [-0.3, -0.25) is 0 Å². The summed E-state index contributed by atoms with van der Waals surface area (Å²) in [5.41, 5.74) is 0. The van der Waals surface area contributed by atoms with E-state index in [1.165, 1.54) is 42.7 Å². The summed E-state index contributed by atoms with van der Waals surface area (Å²) in [6.07, 6.45) is -7.53. The molecule has 0 aliphatic carbocycles. The van der Waals surface area contributed by atoms with Crippen molar-refractivity contribution in [2.45, 2.75) is 55.3 Å². The minimum absolute atomic E-state index is 0.0457. The predicted molar refractivity (Wildman–Crippen MR) is 91.4 cm³/mol. The Balaban J connectivity index is 2.26. The molecule has 27 heavy (non-hydrogen) atoms. The number of aliphatic hydroxyl groups excluding tert-OH is 1. The quantitative estimate of drug-likeness (QED) is 0.502. The van der Waals surface area contributed by atoms with Crippen molar-refractivity contribution >= 4 is 0 Å². The number of methoxy groups -OCH3 is 6. The van der Waals surface area contributed by atoms with Gasteiger partial charge in [-0.15, -0.1) is 0 Å². The number of ether oxygens (including phenoxy) is 9. The molecule has 2 aliphatic heterocycles. The lowest BCUT2D eigenvalue weighted by Gasteiger charge is -2.45. The third-order valence-electron chi connectivity index (χ3n) is 4.80. The molecule has 0 saturated carbocycles. The lowest BCUT2D eigenvalue weighted by molar-refractivity contribution is -0.332. The van der Waals surface area contributed by atoms with Crippen molar-refractivity contribution in [3.63, 3.8) is 0 Å². The molecule has 0 radical (unpaired) electrons. The van der Waals surface area contributed by atoms with Crippen LogP contribution < -0.4 is 0 Å². The van der Waals surface area contributed by atoms with Crippen LogP contribution in [0.2, 0.25) is 0 Å². The number of aliphatic hydroxyl groups is 1. The van der Waals surface area contributed by atoms with E-state index in [9.17, 15) is 5.11 Å². The molecule has 1 N–H and O–H groups in total. The molecule has 2 saturated heterocycles. The molecule has 160 valence electrons. The Bertz CT molecular complexity index is 471. The van der Waals surface area contributed by atoms with Gasteiger partial charge in [-0.1, -0.05) is 0 Å². The van der Waals surface area contributed by atoms with E-state index in [0.717, 1.165) is 0 Å². The lowest BCUT2D eigenvalue weighted by atomic mass is 9.98. The molecule has 0 aromatic rings. The van der Waals surface area contributed by atoms with Gasteiger partial charge in [-0.2, -0.15) is 0 Å². The van der Waals surface area contributed by atoms with Crippen molar-refractivity contribution in [2.24, 2.45) is 0 Å². The first-order valence-electron chi connectivity index (χ1n) is 9.17. The SMILES string of the molecule is [2H][C@]1(COC)O[C@H](O[C@H]2[C@H](OC)[C@@H](OC)[C@@H](OC)O[C@@H]2CO)[C@@H](OC)[C@@H]1OC. The van der Waals surface area contributed by atoms with E-state index in [1.807, 2.05) is 0 Å². The number of hydrogen-bond acceptors (Lipinski definition) is 10. The van der Waals surface area contributed by atoms with Gasteiger partial charge in [-0.25, -0.2) is 0 Å². The molecule has 10 heteroatoms. The average Bonchev–Trinajstić information content (AvgIpc) is 2.97. The Labute approximate surface area is 161 Å². The highest BCUT2D eigenvalue weighted by molar-refractivity contribution is 4.95. The molecule has 0 amide bonds. The Kier molecular flexibility index (Phi) is 8.65. The van der Waals surface area contributed by atoms with Gasteiger partial charge in [0, 0.05) is 42.7 Å². The Morgan fingerprint density at radius 2 is 1.33 bits per heavy atom.